The second-order valence-electron chi connectivity index (χ2n) is 6.32. The molecule has 1 amide bonds. The van der Waals surface area contributed by atoms with E-state index in [0.717, 1.165) is 28.2 Å². The Morgan fingerprint density at radius 3 is 2.70 bits per heavy atom. The number of esters is 1. The van der Waals surface area contributed by atoms with E-state index in [0.29, 0.717) is 22.3 Å². The van der Waals surface area contributed by atoms with Gasteiger partial charge in [-0.2, -0.15) is 0 Å². The molecule has 3 rings (SSSR count). The summed E-state index contributed by atoms with van der Waals surface area (Å²) in [6, 6.07) is 17.4. The van der Waals surface area contributed by atoms with Crippen LogP contribution in [0.1, 0.15) is 33.4 Å². The third kappa shape index (κ3) is 6.02. The van der Waals surface area contributed by atoms with Gasteiger partial charge in [-0.25, -0.2) is 9.78 Å². The zero-order valence-electron chi connectivity index (χ0n) is 16.8. The van der Waals surface area contributed by atoms with Crippen LogP contribution in [0.4, 0.5) is 5.13 Å². The Hall–Kier alpha value is -3.45. The zero-order chi connectivity index (χ0) is 21.3. The van der Waals surface area contributed by atoms with E-state index >= 15 is 0 Å². The monoisotopic (exact) mass is 422 g/mol. The van der Waals surface area contributed by atoms with Gasteiger partial charge in [-0.3, -0.25) is 10.1 Å². The maximum Gasteiger partial charge on any atom is 0.350 e. The quantitative estimate of drug-likeness (QED) is 0.414. The number of aryl methyl sites for hydroxylation is 1. The number of anilines is 1. The van der Waals surface area contributed by atoms with Crippen LogP contribution in [0.2, 0.25) is 0 Å². The van der Waals surface area contributed by atoms with Gasteiger partial charge in [0.25, 0.3) is 0 Å². The van der Waals surface area contributed by atoms with Crippen molar-refractivity contribution in [2.45, 2.75) is 20.5 Å². The first-order chi connectivity index (χ1) is 14.5. The summed E-state index contributed by atoms with van der Waals surface area (Å²) in [5, 5.41) is 3.03. The third-order valence-electron chi connectivity index (χ3n) is 4.02. The molecule has 0 aliphatic carbocycles. The Morgan fingerprint density at radius 1 is 1.13 bits per heavy atom. The first-order valence-corrected chi connectivity index (χ1v) is 10.3. The molecular formula is C23H22N2O4S. The van der Waals surface area contributed by atoms with Crippen molar-refractivity contribution in [3.63, 3.8) is 0 Å². The van der Waals surface area contributed by atoms with Crippen molar-refractivity contribution in [1.82, 2.24) is 4.98 Å². The largest absolute Gasteiger partial charge is 0.489 e. The SMILES string of the molecule is CCOC(=O)c1sc(NC(=O)/C=C/c2cccc(OCc3ccccc3)c2)nc1C. The molecule has 0 aliphatic rings. The fourth-order valence-electron chi connectivity index (χ4n) is 2.60. The average molecular weight is 423 g/mol. The van der Waals surface area contributed by atoms with Crippen LogP contribution in [0.5, 0.6) is 5.75 Å². The molecule has 0 unspecified atom stereocenters. The summed E-state index contributed by atoms with van der Waals surface area (Å²) < 4.78 is 10.8. The van der Waals surface area contributed by atoms with Crippen LogP contribution in [0.25, 0.3) is 6.08 Å². The number of nitrogens with one attached hydrogen (secondary N) is 1. The van der Waals surface area contributed by atoms with E-state index in [1.54, 1.807) is 19.9 Å². The second kappa shape index (κ2) is 10.4. The lowest BCUT2D eigenvalue weighted by molar-refractivity contribution is -0.111. The van der Waals surface area contributed by atoms with Crippen molar-refractivity contribution in [3.8, 4) is 5.75 Å². The molecule has 0 radical (unpaired) electrons. The van der Waals surface area contributed by atoms with E-state index in [4.69, 9.17) is 9.47 Å². The molecule has 154 valence electrons. The third-order valence-corrected chi connectivity index (χ3v) is 5.07. The van der Waals surface area contributed by atoms with Gasteiger partial charge in [-0.05, 0) is 43.2 Å². The highest BCUT2D eigenvalue weighted by Crippen LogP contribution is 2.23. The highest BCUT2D eigenvalue weighted by atomic mass is 32.1. The predicted molar refractivity (Wildman–Crippen MR) is 118 cm³/mol. The highest BCUT2D eigenvalue weighted by Gasteiger charge is 2.16. The predicted octanol–water partition coefficient (Wildman–Crippen LogP) is 4.86. The fraction of sp³-hybridized carbons (Fsp3) is 0.174. The van der Waals surface area contributed by atoms with Gasteiger partial charge < -0.3 is 9.47 Å². The van der Waals surface area contributed by atoms with Crippen molar-refractivity contribution in [1.29, 1.82) is 0 Å². The summed E-state index contributed by atoms with van der Waals surface area (Å²) >= 11 is 1.09. The van der Waals surface area contributed by atoms with Gasteiger partial charge in [-0.15, -0.1) is 0 Å². The van der Waals surface area contributed by atoms with Crippen LogP contribution in [-0.2, 0) is 16.1 Å². The lowest BCUT2D eigenvalue weighted by atomic mass is 10.2. The molecule has 0 atom stereocenters. The number of hydrogen-bond donors (Lipinski definition) is 1. The van der Waals surface area contributed by atoms with Crippen molar-refractivity contribution >= 4 is 34.4 Å². The number of carbonyl (C=O) groups excluding carboxylic acids is 2. The number of amides is 1. The van der Waals surface area contributed by atoms with E-state index in [1.807, 2.05) is 54.6 Å². The lowest BCUT2D eigenvalue weighted by Crippen LogP contribution is -2.07. The molecule has 0 saturated heterocycles. The number of hydrogen-bond acceptors (Lipinski definition) is 6. The van der Waals surface area contributed by atoms with E-state index in [-0.39, 0.29) is 12.5 Å². The molecule has 3 aromatic rings. The van der Waals surface area contributed by atoms with Crippen LogP contribution in [0, 0.1) is 6.92 Å². The molecule has 1 heterocycles. The van der Waals surface area contributed by atoms with Gasteiger partial charge in [0.1, 0.15) is 17.2 Å². The molecular weight excluding hydrogens is 400 g/mol. The summed E-state index contributed by atoms with van der Waals surface area (Å²) in [6.45, 7) is 4.20. The van der Waals surface area contributed by atoms with Crippen molar-refractivity contribution in [2.75, 3.05) is 11.9 Å². The molecule has 0 saturated carbocycles. The summed E-state index contributed by atoms with van der Waals surface area (Å²) in [6.07, 6.45) is 3.11. The summed E-state index contributed by atoms with van der Waals surface area (Å²) in [4.78, 5) is 28.7. The molecule has 6 nitrogen and oxygen atoms in total. The topological polar surface area (TPSA) is 77.5 Å². The van der Waals surface area contributed by atoms with Crippen molar-refractivity contribution in [2.24, 2.45) is 0 Å². The molecule has 1 aromatic heterocycles. The average Bonchev–Trinajstić information content (AvgIpc) is 3.12. The number of benzene rings is 2. The Bertz CT molecular complexity index is 1040. The van der Waals surface area contributed by atoms with Crippen LogP contribution in [-0.4, -0.2) is 23.5 Å². The summed E-state index contributed by atoms with van der Waals surface area (Å²) in [5.41, 5.74) is 2.44. The van der Waals surface area contributed by atoms with Gasteiger partial charge in [0, 0.05) is 6.08 Å². The van der Waals surface area contributed by atoms with Crippen molar-refractivity contribution < 1.29 is 19.1 Å². The summed E-state index contributed by atoms with van der Waals surface area (Å²) in [7, 11) is 0. The maximum atomic E-state index is 12.2. The van der Waals surface area contributed by atoms with Gasteiger partial charge in [0.05, 0.1) is 12.3 Å². The van der Waals surface area contributed by atoms with Gasteiger partial charge >= 0.3 is 5.97 Å². The minimum atomic E-state index is -0.434. The minimum Gasteiger partial charge on any atom is -0.489 e. The number of rotatable bonds is 8. The molecule has 0 aliphatic heterocycles. The minimum absolute atomic E-state index is 0.286. The Labute approximate surface area is 179 Å². The molecule has 0 spiro atoms. The van der Waals surface area contributed by atoms with Gasteiger partial charge in [0.2, 0.25) is 5.91 Å². The molecule has 30 heavy (non-hydrogen) atoms. The zero-order valence-corrected chi connectivity index (χ0v) is 17.6. The molecule has 0 bridgehead atoms. The number of ether oxygens (including phenoxy) is 2. The van der Waals surface area contributed by atoms with Crippen LogP contribution in [0.3, 0.4) is 0 Å². The van der Waals surface area contributed by atoms with E-state index < -0.39 is 5.97 Å². The fourth-order valence-corrected chi connectivity index (χ4v) is 3.47. The molecule has 7 heteroatoms. The summed E-state index contributed by atoms with van der Waals surface area (Å²) in [5.74, 6) is -0.0540. The highest BCUT2D eigenvalue weighted by molar-refractivity contribution is 7.17. The Balaban J connectivity index is 1.58. The lowest BCUT2D eigenvalue weighted by Gasteiger charge is -2.06. The molecule has 0 fully saturated rings. The molecule has 1 N–H and O–H groups in total. The number of thiazole rings is 1. The van der Waals surface area contributed by atoms with Crippen LogP contribution in [0.15, 0.2) is 60.7 Å². The van der Waals surface area contributed by atoms with Crippen LogP contribution < -0.4 is 10.1 Å². The smallest absolute Gasteiger partial charge is 0.350 e. The van der Waals surface area contributed by atoms with Gasteiger partial charge in [-0.1, -0.05) is 53.8 Å². The Morgan fingerprint density at radius 2 is 1.93 bits per heavy atom. The first-order valence-electron chi connectivity index (χ1n) is 9.45. The Kier molecular flexibility index (Phi) is 7.34. The van der Waals surface area contributed by atoms with Crippen molar-refractivity contribution in [3.05, 3.63) is 82.4 Å². The number of nitrogens with zero attached hydrogens (tertiary/aromatic N) is 1. The number of carbonyl (C=O) groups is 2. The standard InChI is InChI=1S/C23H22N2O4S/c1-3-28-22(27)21-16(2)24-23(30-21)25-20(26)13-12-17-10-7-11-19(14-17)29-15-18-8-5-4-6-9-18/h4-14H,3,15H2,1-2H3,(H,24,25,26)/b13-12+. The van der Waals surface area contributed by atoms with Crippen LogP contribution >= 0.6 is 11.3 Å². The van der Waals surface area contributed by atoms with E-state index in [2.05, 4.69) is 10.3 Å². The maximum absolute atomic E-state index is 12.2. The normalized spacial score (nSPS) is 10.7. The first kappa shape index (κ1) is 21.3. The van der Waals surface area contributed by atoms with E-state index in [9.17, 15) is 9.59 Å². The van der Waals surface area contributed by atoms with Gasteiger partial charge in [0.15, 0.2) is 5.13 Å². The van der Waals surface area contributed by atoms with E-state index in [1.165, 1.54) is 6.08 Å². The molecule has 2 aromatic carbocycles. The second-order valence-corrected chi connectivity index (χ2v) is 7.32. The number of aromatic nitrogens is 1.